The van der Waals surface area contributed by atoms with Crippen LogP contribution in [0.1, 0.15) is 28.3 Å². The average Bonchev–Trinajstić information content (AvgIpc) is 2.85. The summed E-state index contributed by atoms with van der Waals surface area (Å²) in [5.41, 5.74) is 4.71. The van der Waals surface area contributed by atoms with E-state index in [1.807, 2.05) is 13.8 Å². The summed E-state index contributed by atoms with van der Waals surface area (Å²) < 4.78 is 10.8. The van der Waals surface area contributed by atoms with E-state index in [9.17, 15) is 0 Å². The highest BCUT2D eigenvalue weighted by molar-refractivity contribution is 5.49. The molecule has 2 aromatic heterocycles. The van der Waals surface area contributed by atoms with Gasteiger partial charge in [-0.2, -0.15) is 0 Å². The van der Waals surface area contributed by atoms with Gasteiger partial charge in [0.2, 0.25) is 0 Å². The van der Waals surface area contributed by atoms with Crippen molar-refractivity contribution in [2.24, 2.45) is 0 Å². The lowest BCUT2D eigenvalue weighted by atomic mass is 10.1. The highest BCUT2D eigenvalue weighted by Gasteiger charge is 2.23. The van der Waals surface area contributed by atoms with Gasteiger partial charge >= 0.3 is 0 Å². The van der Waals surface area contributed by atoms with Crippen LogP contribution in [0.4, 0.5) is 5.82 Å². The summed E-state index contributed by atoms with van der Waals surface area (Å²) in [5, 5.41) is 4.08. The molecule has 0 aliphatic carbocycles. The largest absolute Gasteiger partial charge is 0.378 e. The topological polar surface area (TPSA) is 67.5 Å². The quantitative estimate of drug-likeness (QED) is 0.837. The average molecular weight is 343 g/mol. The number of rotatable bonds is 3. The number of morpholine rings is 1. The molecule has 0 atom stereocenters. The zero-order valence-corrected chi connectivity index (χ0v) is 15.0. The molecule has 7 nitrogen and oxygen atoms in total. The molecule has 4 heterocycles. The maximum Gasteiger partial charge on any atom is 0.138 e. The molecule has 4 rings (SSSR count). The van der Waals surface area contributed by atoms with E-state index in [2.05, 4.69) is 24.9 Å². The van der Waals surface area contributed by atoms with Gasteiger partial charge in [-0.15, -0.1) is 0 Å². The molecule has 2 aliphatic rings. The van der Waals surface area contributed by atoms with Gasteiger partial charge in [0.25, 0.3) is 0 Å². The van der Waals surface area contributed by atoms with Crippen LogP contribution in [0.3, 0.4) is 0 Å². The Hall–Kier alpha value is -1.99. The molecule has 0 radical (unpaired) electrons. The van der Waals surface area contributed by atoms with Crippen molar-refractivity contribution >= 4 is 5.82 Å². The van der Waals surface area contributed by atoms with Crippen LogP contribution in [0.15, 0.2) is 10.9 Å². The first-order chi connectivity index (χ1) is 12.2. The van der Waals surface area contributed by atoms with Crippen LogP contribution in [0.5, 0.6) is 0 Å². The first-order valence-corrected chi connectivity index (χ1v) is 9.02. The first kappa shape index (κ1) is 16.5. The molecule has 0 N–H and O–H groups in total. The van der Waals surface area contributed by atoms with Crippen LogP contribution in [0.25, 0.3) is 0 Å². The minimum absolute atomic E-state index is 0.775. The van der Waals surface area contributed by atoms with Crippen molar-refractivity contribution < 1.29 is 9.26 Å². The third kappa shape index (κ3) is 3.39. The van der Waals surface area contributed by atoms with Gasteiger partial charge in [-0.3, -0.25) is 4.90 Å². The molecule has 0 amide bonds. The molecule has 1 saturated heterocycles. The van der Waals surface area contributed by atoms with Crippen LogP contribution in [0, 0.1) is 13.8 Å². The second kappa shape index (κ2) is 7.09. The van der Waals surface area contributed by atoms with Crippen molar-refractivity contribution in [2.75, 3.05) is 44.3 Å². The lowest BCUT2D eigenvalue weighted by molar-refractivity contribution is 0.122. The fourth-order valence-electron chi connectivity index (χ4n) is 3.71. The Balaban J connectivity index is 1.52. The van der Waals surface area contributed by atoms with Crippen molar-refractivity contribution in [2.45, 2.75) is 33.2 Å². The van der Waals surface area contributed by atoms with Gasteiger partial charge in [-0.25, -0.2) is 9.97 Å². The van der Waals surface area contributed by atoms with Crippen molar-refractivity contribution in [3.8, 4) is 0 Å². The number of fused-ring (bicyclic) bond motifs is 1. The number of anilines is 1. The smallest absolute Gasteiger partial charge is 0.138 e. The van der Waals surface area contributed by atoms with Gasteiger partial charge in [-0.05, 0) is 20.3 Å². The summed E-state index contributed by atoms with van der Waals surface area (Å²) in [7, 11) is 0. The van der Waals surface area contributed by atoms with Gasteiger partial charge in [0.1, 0.15) is 17.9 Å². The highest BCUT2D eigenvalue weighted by Crippen LogP contribution is 2.25. The molecule has 1 fully saturated rings. The number of aryl methyl sites for hydroxylation is 2. The maximum absolute atomic E-state index is 5.48. The zero-order valence-electron chi connectivity index (χ0n) is 15.0. The molecule has 2 aliphatic heterocycles. The molecular weight excluding hydrogens is 318 g/mol. The third-order valence-electron chi connectivity index (χ3n) is 5.23. The summed E-state index contributed by atoms with van der Waals surface area (Å²) >= 11 is 0. The van der Waals surface area contributed by atoms with Crippen molar-refractivity contribution in [3.05, 3.63) is 34.6 Å². The van der Waals surface area contributed by atoms with E-state index < -0.39 is 0 Å². The van der Waals surface area contributed by atoms with Gasteiger partial charge in [-0.1, -0.05) is 5.16 Å². The summed E-state index contributed by atoms with van der Waals surface area (Å²) in [4.78, 5) is 14.0. The lowest BCUT2D eigenvalue weighted by Gasteiger charge is -2.29. The Morgan fingerprint density at radius 3 is 2.60 bits per heavy atom. The van der Waals surface area contributed by atoms with E-state index in [0.29, 0.717) is 0 Å². The van der Waals surface area contributed by atoms with Crippen LogP contribution in [0.2, 0.25) is 0 Å². The minimum atomic E-state index is 0.775. The Kier molecular flexibility index (Phi) is 4.67. The fourth-order valence-corrected chi connectivity index (χ4v) is 3.71. The third-order valence-corrected chi connectivity index (χ3v) is 5.23. The van der Waals surface area contributed by atoms with E-state index in [-0.39, 0.29) is 0 Å². The number of hydrogen-bond acceptors (Lipinski definition) is 7. The van der Waals surface area contributed by atoms with E-state index in [1.165, 1.54) is 16.8 Å². The molecular formula is C18H25N5O2. The van der Waals surface area contributed by atoms with Gasteiger partial charge in [0.15, 0.2) is 0 Å². The Labute approximate surface area is 148 Å². The summed E-state index contributed by atoms with van der Waals surface area (Å²) in [6.07, 6.45) is 3.65. The first-order valence-electron chi connectivity index (χ1n) is 9.02. The molecule has 134 valence electrons. The highest BCUT2D eigenvalue weighted by atomic mass is 16.5. The molecule has 0 saturated carbocycles. The maximum atomic E-state index is 5.48. The van der Waals surface area contributed by atoms with Gasteiger partial charge in [0, 0.05) is 50.3 Å². The lowest BCUT2D eigenvalue weighted by Crippen LogP contribution is -2.37. The molecule has 0 spiro atoms. The monoisotopic (exact) mass is 343 g/mol. The normalized spacial score (nSPS) is 18.9. The van der Waals surface area contributed by atoms with E-state index in [0.717, 1.165) is 76.1 Å². The number of ether oxygens (including phenoxy) is 1. The van der Waals surface area contributed by atoms with Crippen LogP contribution >= 0.6 is 0 Å². The Morgan fingerprint density at radius 1 is 1.04 bits per heavy atom. The molecule has 25 heavy (non-hydrogen) atoms. The molecule has 0 unspecified atom stereocenters. The van der Waals surface area contributed by atoms with Crippen molar-refractivity contribution in [1.82, 2.24) is 20.0 Å². The Bertz CT molecular complexity index is 720. The van der Waals surface area contributed by atoms with Crippen LogP contribution in [-0.4, -0.2) is 59.4 Å². The summed E-state index contributed by atoms with van der Waals surface area (Å²) in [6, 6.07) is 0. The molecule has 0 bridgehead atoms. The number of hydrogen-bond donors (Lipinski definition) is 0. The SMILES string of the molecule is Cc1noc(C)c1CN1CCc2ncnc(N3CCOCC3)c2CC1. The Morgan fingerprint density at radius 2 is 1.84 bits per heavy atom. The predicted molar refractivity (Wildman–Crippen MR) is 93.7 cm³/mol. The summed E-state index contributed by atoms with van der Waals surface area (Å²) in [6.45, 7) is 10.3. The van der Waals surface area contributed by atoms with Crippen molar-refractivity contribution in [3.63, 3.8) is 0 Å². The van der Waals surface area contributed by atoms with Crippen LogP contribution < -0.4 is 4.90 Å². The van der Waals surface area contributed by atoms with Crippen molar-refractivity contribution in [1.29, 1.82) is 0 Å². The molecule has 7 heteroatoms. The second-order valence-electron chi connectivity index (χ2n) is 6.80. The number of nitrogens with zero attached hydrogens (tertiary/aromatic N) is 5. The second-order valence-corrected chi connectivity index (χ2v) is 6.80. The van der Waals surface area contributed by atoms with E-state index >= 15 is 0 Å². The van der Waals surface area contributed by atoms with Gasteiger partial charge < -0.3 is 14.2 Å². The van der Waals surface area contributed by atoms with Gasteiger partial charge in [0.05, 0.1) is 24.6 Å². The zero-order chi connectivity index (χ0) is 17.2. The van der Waals surface area contributed by atoms with E-state index in [4.69, 9.17) is 9.26 Å². The molecule has 0 aromatic carbocycles. The molecule has 2 aromatic rings. The number of aromatic nitrogens is 3. The predicted octanol–water partition coefficient (Wildman–Crippen LogP) is 1.52. The summed E-state index contributed by atoms with van der Waals surface area (Å²) in [5.74, 6) is 2.03. The fraction of sp³-hybridized carbons (Fsp3) is 0.611. The van der Waals surface area contributed by atoms with Crippen LogP contribution in [-0.2, 0) is 24.1 Å². The van der Waals surface area contributed by atoms with E-state index in [1.54, 1.807) is 6.33 Å². The standard InChI is InChI=1S/C18H25N5O2/c1-13-16(14(2)25-21-13)11-22-5-3-15-17(4-6-22)19-12-20-18(15)23-7-9-24-10-8-23/h12H,3-11H2,1-2H3. The minimum Gasteiger partial charge on any atom is -0.378 e.